The molecule has 1 aliphatic heterocycles. The molecule has 1 saturated heterocycles. The van der Waals surface area contributed by atoms with Crippen molar-refractivity contribution in [3.8, 4) is 0 Å². The highest BCUT2D eigenvalue weighted by atomic mass is 35.5. The van der Waals surface area contributed by atoms with Gasteiger partial charge >= 0.3 is 0 Å². The first-order valence-electron chi connectivity index (χ1n) is 8.15. The number of nitrogens with one attached hydrogen (secondary N) is 1. The summed E-state index contributed by atoms with van der Waals surface area (Å²) in [5, 5.41) is 3.27. The van der Waals surface area contributed by atoms with Crippen molar-refractivity contribution in [2.75, 3.05) is 26.7 Å². The summed E-state index contributed by atoms with van der Waals surface area (Å²) in [6.45, 7) is 9.33. The highest BCUT2D eigenvalue weighted by Gasteiger charge is 2.18. The summed E-state index contributed by atoms with van der Waals surface area (Å²) in [5.74, 6) is 1.56. The van der Waals surface area contributed by atoms with Crippen molar-refractivity contribution in [2.24, 2.45) is 5.92 Å². The Morgan fingerprint density at radius 1 is 1.14 bits per heavy atom. The van der Waals surface area contributed by atoms with E-state index in [0.717, 1.165) is 12.5 Å². The van der Waals surface area contributed by atoms with Gasteiger partial charge in [0.1, 0.15) is 0 Å². The molecule has 0 bridgehead atoms. The van der Waals surface area contributed by atoms with E-state index in [-0.39, 0.29) is 12.4 Å². The zero-order chi connectivity index (χ0) is 14.4. The number of nitrogens with zero attached hydrogens (tertiary/aromatic N) is 1. The number of likely N-dealkylation sites (tertiary alicyclic amines) is 1. The van der Waals surface area contributed by atoms with Gasteiger partial charge in [-0.3, -0.25) is 4.90 Å². The molecule has 0 atom stereocenters. The van der Waals surface area contributed by atoms with E-state index in [9.17, 15) is 0 Å². The molecule has 1 aliphatic rings. The fourth-order valence-corrected chi connectivity index (χ4v) is 3.05. The van der Waals surface area contributed by atoms with Crippen LogP contribution in [0.3, 0.4) is 0 Å². The Bertz CT molecular complexity index is 381. The van der Waals surface area contributed by atoms with E-state index < -0.39 is 0 Å². The van der Waals surface area contributed by atoms with Crippen LogP contribution in [-0.4, -0.2) is 31.6 Å². The minimum absolute atomic E-state index is 0. The third-order valence-corrected chi connectivity index (χ3v) is 4.56. The number of benzene rings is 1. The maximum Gasteiger partial charge on any atom is 0.0233 e. The summed E-state index contributed by atoms with van der Waals surface area (Å²) in [4.78, 5) is 2.61. The SMILES string of the molecule is CNCCC1CCN(Cc2ccc(C(C)C)cc2)CC1.Cl. The summed E-state index contributed by atoms with van der Waals surface area (Å²) < 4.78 is 0. The van der Waals surface area contributed by atoms with Crippen LogP contribution in [0.2, 0.25) is 0 Å². The lowest BCUT2D eigenvalue weighted by atomic mass is 9.93. The molecule has 0 spiro atoms. The Kier molecular flexibility index (Phi) is 8.31. The first-order chi connectivity index (χ1) is 9.69. The van der Waals surface area contributed by atoms with Gasteiger partial charge in [0.25, 0.3) is 0 Å². The second-order valence-electron chi connectivity index (χ2n) is 6.51. The molecule has 3 heteroatoms. The van der Waals surface area contributed by atoms with E-state index in [1.807, 2.05) is 0 Å². The third-order valence-electron chi connectivity index (χ3n) is 4.56. The van der Waals surface area contributed by atoms with Crippen molar-refractivity contribution in [1.82, 2.24) is 10.2 Å². The normalized spacial score (nSPS) is 17.0. The maximum atomic E-state index is 3.27. The number of piperidine rings is 1. The van der Waals surface area contributed by atoms with Crippen LogP contribution in [0.25, 0.3) is 0 Å². The molecule has 0 amide bonds. The fraction of sp³-hybridized carbons (Fsp3) is 0.667. The van der Waals surface area contributed by atoms with E-state index in [2.05, 4.69) is 55.4 Å². The molecule has 0 unspecified atom stereocenters. The molecule has 0 aliphatic carbocycles. The molecule has 2 rings (SSSR count). The van der Waals surface area contributed by atoms with Gasteiger partial charge in [-0.15, -0.1) is 12.4 Å². The highest BCUT2D eigenvalue weighted by molar-refractivity contribution is 5.85. The van der Waals surface area contributed by atoms with E-state index in [4.69, 9.17) is 0 Å². The lowest BCUT2D eigenvalue weighted by molar-refractivity contribution is 0.172. The molecule has 21 heavy (non-hydrogen) atoms. The zero-order valence-corrected chi connectivity index (χ0v) is 14.6. The second kappa shape index (κ2) is 9.45. The first kappa shape index (κ1) is 18.5. The topological polar surface area (TPSA) is 15.3 Å². The molecule has 1 fully saturated rings. The number of hydrogen-bond donors (Lipinski definition) is 1. The second-order valence-corrected chi connectivity index (χ2v) is 6.51. The van der Waals surface area contributed by atoms with Crippen LogP contribution < -0.4 is 5.32 Å². The van der Waals surface area contributed by atoms with E-state index in [0.29, 0.717) is 5.92 Å². The van der Waals surface area contributed by atoms with E-state index in [1.165, 1.54) is 50.0 Å². The number of rotatable bonds is 6. The minimum atomic E-state index is 0. The highest BCUT2D eigenvalue weighted by Crippen LogP contribution is 2.22. The molecule has 0 aromatic heterocycles. The molecule has 0 saturated carbocycles. The average Bonchev–Trinajstić information content (AvgIpc) is 2.47. The molecule has 1 heterocycles. The molecule has 1 N–H and O–H groups in total. The lowest BCUT2D eigenvalue weighted by Crippen LogP contribution is -2.34. The number of hydrogen-bond acceptors (Lipinski definition) is 2. The van der Waals surface area contributed by atoms with Crippen molar-refractivity contribution >= 4 is 12.4 Å². The fourth-order valence-electron chi connectivity index (χ4n) is 3.05. The predicted molar refractivity (Wildman–Crippen MR) is 94.3 cm³/mol. The van der Waals surface area contributed by atoms with Crippen molar-refractivity contribution < 1.29 is 0 Å². The summed E-state index contributed by atoms with van der Waals surface area (Å²) in [5.41, 5.74) is 2.91. The molecule has 0 radical (unpaired) electrons. The van der Waals surface area contributed by atoms with Crippen molar-refractivity contribution in [3.63, 3.8) is 0 Å². The van der Waals surface area contributed by atoms with Gasteiger partial charge in [-0.2, -0.15) is 0 Å². The smallest absolute Gasteiger partial charge is 0.0233 e. The molecule has 1 aromatic rings. The standard InChI is InChI=1S/C18H30N2.ClH/c1-15(2)18-6-4-17(5-7-18)14-20-12-9-16(10-13-20)8-11-19-3;/h4-7,15-16,19H,8-14H2,1-3H3;1H. The number of halogens is 1. The third kappa shape index (κ3) is 5.98. The van der Waals surface area contributed by atoms with Gasteiger partial charge in [0.15, 0.2) is 0 Å². The van der Waals surface area contributed by atoms with Crippen LogP contribution >= 0.6 is 12.4 Å². The Morgan fingerprint density at radius 3 is 2.29 bits per heavy atom. The van der Waals surface area contributed by atoms with Crippen LogP contribution in [0.15, 0.2) is 24.3 Å². The van der Waals surface area contributed by atoms with Gasteiger partial charge in [0.05, 0.1) is 0 Å². The average molecular weight is 311 g/mol. The lowest BCUT2D eigenvalue weighted by Gasteiger charge is -2.32. The van der Waals surface area contributed by atoms with Crippen LogP contribution in [0.4, 0.5) is 0 Å². The Labute approximate surface area is 136 Å². The summed E-state index contributed by atoms with van der Waals surface area (Å²) >= 11 is 0. The molecule has 1 aromatic carbocycles. The van der Waals surface area contributed by atoms with Crippen LogP contribution in [0.5, 0.6) is 0 Å². The van der Waals surface area contributed by atoms with Gasteiger partial charge in [0, 0.05) is 6.54 Å². The largest absolute Gasteiger partial charge is 0.320 e. The summed E-state index contributed by atoms with van der Waals surface area (Å²) in [6.07, 6.45) is 4.07. The van der Waals surface area contributed by atoms with Crippen LogP contribution in [0, 0.1) is 5.92 Å². The van der Waals surface area contributed by atoms with E-state index >= 15 is 0 Å². The quantitative estimate of drug-likeness (QED) is 0.852. The van der Waals surface area contributed by atoms with Crippen LogP contribution in [0.1, 0.15) is 50.2 Å². The summed E-state index contributed by atoms with van der Waals surface area (Å²) in [6, 6.07) is 9.20. The van der Waals surface area contributed by atoms with Gasteiger partial charge in [-0.25, -0.2) is 0 Å². The van der Waals surface area contributed by atoms with Crippen molar-refractivity contribution in [2.45, 2.75) is 45.6 Å². The van der Waals surface area contributed by atoms with Gasteiger partial charge in [-0.1, -0.05) is 38.1 Å². The molecular weight excluding hydrogens is 280 g/mol. The first-order valence-corrected chi connectivity index (χ1v) is 8.15. The van der Waals surface area contributed by atoms with Gasteiger partial charge < -0.3 is 5.32 Å². The molecule has 120 valence electrons. The minimum Gasteiger partial charge on any atom is -0.320 e. The van der Waals surface area contributed by atoms with Crippen molar-refractivity contribution in [1.29, 1.82) is 0 Å². The molecular formula is C18H31ClN2. The Morgan fingerprint density at radius 2 is 1.76 bits per heavy atom. The van der Waals surface area contributed by atoms with E-state index in [1.54, 1.807) is 0 Å². The predicted octanol–water partition coefficient (Wildman–Crippen LogP) is 4.05. The maximum absolute atomic E-state index is 3.27. The van der Waals surface area contributed by atoms with Gasteiger partial charge in [-0.05, 0) is 68.9 Å². The summed E-state index contributed by atoms with van der Waals surface area (Å²) in [7, 11) is 2.05. The monoisotopic (exact) mass is 310 g/mol. The Balaban J connectivity index is 0.00000220. The van der Waals surface area contributed by atoms with Gasteiger partial charge in [0.2, 0.25) is 0 Å². The van der Waals surface area contributed by atoms with Crippen molar-refractivity contribution in [3.05, 3.63) is 35.4 Å². The Hall–Kier alpha value is -0.570. The van der Waals surface area contributed by atoms with Crippen LogP contribution in [-0.2, 0) is 6.54 Å². The molecule has 2 nitrogen and oxygen atoms in total. The zero-order valence-electron chi connectivity index (χ0n) is 13.8.